The fourth-order valence-corrected chi connectivity index (χ4v) is 2.99. The molecular formula is C20H27FN2O2. The number of aryl methyl sites for hydroxylation is 1. The summed E-state index contributed by atoms with van der Waals surface area (Å²) in [5.41, 5.74) is 2.37. The Morgan fingerprint density at radius 1 is 1.28 bits per heavy atom. The van der Waals surface area contributed by atoms with Gasteiger partial charge in [0.05, 0.1) is 17.6 Å². The van der Waals surface area contributed by atoms with E-state index in [4.69, 9.17) is 4.74 Å². The molecule has 0 spiro atoms. The van der Waals surface area contributed by atoms with Crippen molar-refractivity contribution in [3.63, 3.8) is 0 Å². The lowest BCUT2D eigenvalue weighted by atomic mass is 9.75. The number of hydrogen-bond acceptors (Lipinski definition) is 4. The fraction of sp³-hybridized carbons (Fsp3) is 0.500. The molecule has 0 saturated heterocycles. The molecule has 25 heavy (non-hydrogen) atoms. The Morgan fingerprint density at radius 2 is 1.92 bits per heavy atom. The maximum Gasteiger partial charge on any atom is 0.199 e. The Bertz CT molecular complexity index is 670. The summed E-state index contributed by atoms with van der Waals surface area (Å²) in [5, 5.41) is 9.55. The van der Waals surface area contributed by atoms with Gasteiger partial charge in [-0.15, -0.1) is 0 Å². The molecule has 2 aromatic rings. The SMILES string of the molecule is CCC1CC(C)C1.COC(O)c1cnc(C)c(-c2ccc(F)cc2)n1. The van der Waals surface area contributed by atoms with Crippen LogP contribution in [0.5, 0.6) is 0 Å². The summed E-state index contributed by atoms with van der Waals surface area (Å²) in [6.07, 6.45) is 4.74. The molecule has 1 aliphatic rings. The molecule has 1 aromatic carbocycles. The third kappa shape index (κ3) is 5.31. The van der Waals surface area contributed by atoms with Gasteiger partial charge in [0, 0.05) is 12.7 Å². The van der Waals surface area contributed by atoms with Crippen molar-refractivity contribution in [3.8, 4) is 11.3 Å². The molecule has 0 radical (unpaired) electrons. The van der Waals surface area contributed by atoms with Gasteiger partial charge in [0.25, 0.3) is 0 Å². The van der Waals surface area contributed by atoms with Gasteiger partial charge in [-0.05, 0) is 55.9 Å². The van der Waals surface area contributed by atoms with E-state index in [2.05, 4.69) is 23.8 Å². The van der Waals surface area contributed by atoms with Gasteiger partial charge in [-0.2, -0.15) is 0 Å². The number of aliphatic hydroxyl groups excluding tert-OH is 1. The number of methoxy groups -OCH3 is 1. The largest absolute Gasteiger partial charge is 0.363 e. The number of benzene rings is 1. The molecule has 1 N–H and O–H groups in total. The topological polar surface area (TPSA) is 55.2 Å². The van der Waals surface area contributed by atoms with Crippen LogP contribution in [0.3, 0.4) is 0 Å². The van der Waals surface area contributed by atoms with Crippen LogP contribution in [0.1, 0.15) is 50.8 Å². The lowest BCUT2D eigenvalue weighted by Gasteiger charge is -2.31. The van der Waals surface area contributed by atoms with E-state index in [0.29, 0.717) is 17.1 Å². The molecule has 136 valence electrons. The fourth-order valence-electron chi connectivity index (χ4n) is 2.99. The number of aliphatic hydroxyl groups is 1. The zero-order valence-corrected chi connectivity index (χ0v) is 15.4. The average Bonchev–Trinajstić information content (AvgIpc) is 2.60. The molecule has 1 atom stereocenters. The van der Waals surface area contributed by atoms with E-state index in [1.165, 1.54) is 44.7 Å². The molecule has 0 bridgehead atoms. The molecule has 3 rings (SSSR count). The normalized spacial score (nSPS) is 20.2. The standard InChI is InChI=1S/C13H13FN2O2.C7H14/c1-8-12(9-3-5-10(14)6-4-9)16-11(7-15-8)13(17)18-2;1-3-7-4-6(2)5-7/h3-7,13,17H,1-2H3;6-7H,3-5H2,1-2H3. The summed E-state index contributed by atoms with van der Waals surface area (Å²) in [6, 6.07) is 5.95. The Balaban J connectivity index is 0.000000269. The number of halogens is 1. The highest BCUT2D eigenvalue weighted by Crippen LogP contribution is 2.34. The molecule has 0 aliphatic heterocycles. The first-order chi connectivity index (χ1) is 11.9. The predicted molar refractivity (Wildman–Crippen MR) is 96.3 cm³/mol. The van der Waals surface area contributed by atoms with Crippen molar-refractivity contribution < 1.29 is 14.2 Å². The highest BCUT2D eigenvalue weighted by atomic mass is 19.1. The first-order valence-electron chi connectivity index (χ1n) is 8.74. The number of rotatable bonds is 4. The predicted octanol–water partition coefficient (Wildman–Crippen LogP) is 4.67. The Kier molecular flexibility index (Phi) is 7.02. The van der Waals surface area contributed by atoms with Gasteiger partial charge < -0.3 is 9.84 Å². The molecule has 1 saturated carbocycles. The minimum Gasteiger partial charge on any atom is -0.363 e. The van der Waals surface area contributed by atoms with Crippen LogP contribution in [0.4, 0.5) is 4.39 Å². The van der Waals surface area contributed by atoms with Crippen LogP contribution >= 0.6 is 0 Å². The summed E-state index contributed by atoms with van der Waals surface area (Å²) >= 11 is 0. The van der Waals surface area contributed by atoms with Crippen molar-refractivity contribution in [2.45, 2.75) is 46.3 Å². The third-order valence-electron chi connectivity index (χ3n) is 4.62. The highest BCUT2D eigenvalue weighted by Gasteiger charge is 2.22. The second-order valence-electron chi connectivity index (χ2n) is 6.67. The Labute approximate surface area is 149 Å². The second-order valence-corrected chi connectivity index (χ2v) is 6.67. The van der Waals surface area contributed by atoms with Crippen molar-refractivity contribution in [2.24, 2.45) is 11.8 Å². The molecule has 1 fully saturated rings. The van der Waals surface area contributed by atoms with E-state index >= 15 is 0 Å². The third-order valence-corrected chi connectivity index (χ3v) is 4.62. The van der Waals surface area contributed by atoms with Gasteiger partial charge in [-0.3, -0.25) is 4.98 Å². The molecule has 1 aliphatic carbocycles. The Hall–Kier alpha value is -1.85. The molecule has 5 heteroatoms. The van der Waals surface area contributed by atoms with E-state index < -0.39 is 6.29 Å². The Morgan fingerprint density at radius 3 is 2.40 bits per heavy atom. The van der Waals surface area contributed by atoms with Crippen LogP contribution in [-0.2, 0) is 4.74 Å². The highest BCUT2D eigenvalue weighted by molar-refractivity contribution is 5.61. The zero-order valence-electron chi connectivity index (χ0n) is 15.4. The van der Waals surface area contributed by atoms with Gasteiger partial charge >= 0.3 is 0 Å². The quantitative estimate of drug-likeness (QED) is 0.817. The van der Waals surface area contributed by atoms with E-state index in [1.54, 1.807) is 19.1 Å². The summed E-state index contributed by atoms with van der Waals surface area (Å²) in [4.78, 5) is 8.43. The maximum atomic E-state index is 12.9. The first kappa shape index (κ1) is 19.5. The van der Waals surface area contributed by atoms with E-state index in [-0.39, 0.29) is 5.82 Å². The summed E-state index contributed by atoms with van der Waals surface area (Å²) < 4.78 is 17.6. The molecule has 4 nitrogen and oxygen atoms in total. The number of nitrogens with zero attached hydrogens (tertiary/aromatic N) is 2. The molecule has 0 amide bonds. The van der Waals surface area contributed by atoms with E-state index in [0.717, 1.165) is 17.4 Å². The van der Waals surface area contributed by atoms with Crippen molar-refractivity contribution in [3.05, 3.63) is 47.7 Å². The van der Waals surface area contributed by atoms with Crippen molar-refractivity contribution in [1.82, 2.24) is 9.97 Å². The van der Waals surface area contributed by atoms with Gasteiger partial charge in [0.1, 0.15) is 11.5 Å². The summed E-state index contributed by atoms with van der Waals surface area (Å²) in [5.74, 6) is 1.83. The summed E-state index contributed by atoms with van der Waals surface area (Å²) in [6.45, 7) is 6.43. The van der Waals surface area contributed by atoms with Gasteiger partial charge in [0.15, 0.2) is 6.29 Å². The van der Waals surface area contributed by atoms with Crippen LogP contribution in [0.15, 0.2) is 30.5 Å². The lowest BCUT2D eigenvalue weighted by molar-refractivity contribution is -0.0800. The van der Waals surface area contributed by atoms with Gasteiger partial charge in [-0.1, -0.05) is 20.3 Å². The van der Waals surface area contributed by atoms with E-state index in [9.17, 15) is 9.50 Å². The molecule has 1 unspecified atom stereocenters. The molecule has 1 aromatic heterocycles. The molecular weight excluding hydrogens is 319 g/mol. The molecule has 1 heterocycles. The smallest absolute Gasteiger partial charge is 0.199 e. The maximum absolute atomic E-state index is 12.9. The van der Waals surface area contributed by atoms with Crippen LogP contribution in [0.2, 0.25) is 0 Å². The zero-order chi connectivity index (χ0) is 18.4. The first-order valence-corrected chi connectivity index (χ1v) is 8.74. The van der Waals surface area contributed by atoms with Crippen LogP contribution in [-0.4, -0.2) is 22.2 Å². The van der Waals surface area contributed by atoms with Gasteiger partial charge in [-0.25, -0.2) is 9.37 Å². The monoisotopic (exact) mass is 346 g/mol. The second kappa shape index (κ2) is 9.02. The number of ether oxygens (including phenoxy) is 1. The minimum absolute atomic E-state index is 0.308. The average molecular weight is 346 g/mol. The van der Waals surface area contributed by atoms with Crippen LogP contribution in [0, 0.1) is 24.6 Å². The van der Waals surface area contributed by atoms with Crippen molar-refractivity contribution in [2.75, 3.05) is 7.11 Å². The van der Waals surface area contributed by atoms with Crippen LogP contribution < -0.4 is 0 Å². The number of hydrogen-bond donors (Lipinski definition) is 1. The summed E-state index contributed by atoms with van der Waals surface area (Å²) in [7, 11) is 1.38. The number of aromatic nitrogens is 2. The van der Waals surface area contributed by atoms with Gasteiger partial charge in [0.2, 0.25) is 0 Å². The van der Waals surface area contributed by atoms with Crippen molar-refractivity contribution >= 4 is 0 Å². The van der Waals surface area contributed by atoms with E-state index in [1.807, 2.05) is 0 Å². The minimum atomic E-state index is -1.11. The lowest BCUT2D eigenvalue weighted by Crippen LogP contribution is -2.19. The van der Waals surface area contributed by atoms with Crippen molar-refractivity contribution in [1.29, 1.82) is 0 Å². The van der Waals surface area contributed by atoms with Crippen LogP contribution in [0.25, 0.3) is 11.3 Å².